The lowest BCUT2D eigenvalue weighted by Gasteiger charge is -2.34. The van der Waals surface area contributed by atoms with Gasteiger partial charge in [-0.3, -0.25) is 9.69 Å². The predicted molar refractivity (Wildman–Crippen MR) is 121 cm³/mol. The molecule has 0 radical (unpaired) electrons. The van der Waals surface area contributed by atoms with E-state index in [1.807, 2.05) is 17.0 Å². The molecule has 0 saturated carbocycles. The van der Waals surface area contributed by atoms with Gasteiger partial charge >= 0.3 is 0 Å². The second-order valence-electron chi connectivity index (χ2n) is 7.29. The number of carbonyl (C=O) groups excluding carboxylic acids is 1. The van der Waals surface area contributed by atoms with Crippen molar-refractivity contribution in [3.8, 4) is 5.69 Å². The summed E-state index contributed by atoms with van der Waals surface area (Å²) < 4.78 is 2.51. The maximum Gasteiger partial charge on any atom is 0.233 e. The second kappa shape index (κ2) is 9.47. The van der Waals surface area contributed by atoms with Crippen LogP contribution in [0.25, 0.3) is 5.69 Å². The van der Waals surface area contributed by atoms with Gasteiger partial charge in [0.25, 0.3) is 0 Å². The van der Waals surface area contributed by atoms with Crippen molar-refractivity contribution >= 4 is 40.6 Å². The zero-order valence-electron chi connectivity index (χ0n) is 16.9. The highest BCUT2D eigenvalue weighted by Crippen LogP contribution is 2.24. The fourth-order valence-electron chi connectivity index (χ4n) is 3.32. The van der Waals surface area contributed by atoms with Gasteiger partial charge in [-0.1, -0.05) is 29.4 Å². The van der Waals surface area contributed by atoms with Crippen molar-refractivity contribution in [2.24, 2.45) is 0 Å². The van der Waals surface area contributed by atoms with Gasteiger partial charge in [-0.05, 0) is 59.7 Å². The summed E-state index contributed by atoms with van der Waals surface area (Å²) in [4.78, 5) is 18.2. The van der Waals surface area contributed by atoms with Crippen LogP contribution in [0.1, 0.15) is 16.0 Å². The Labute approximate surface area is 189 Å². The largest absolute Gasteiger partial charge is 0.339 e. The molecule has 0 bridgehead atoms. The third-order valence-electron chi connectivity index (χ3n) is 5.23. The number of halogens is 1. The molecule has 30 heavy (non-hydrogen) atoms. The van der Waals surface area contributed by atoms with Gasteiger partial charge in [0.05, 0.1) is 15.8 Å². The van der Waals surface area contributed by atoms with Crippen LogP contribution >= 0.6 is 34.7 Å². The van der Waals surface area contributed by atoms with Crippen LogP contribution in [0.3, 0.4) is 0 Å². The third kappa shape index (κ3) is 5.03. The molecule has 3 aromatic rings. The lowest BCUT2D eigenvalue weighted by Crippen LogP contribution is -2.48. The van der Waals surface area contributed by atoms with Crippen LogP contribution in [0, 0.1) is 13.8 Å². The Hall–Kier alpha value is -1.94. The molecule has 0 unspecified atom stereocenters. The molecule has 10 heteroatoms. The summed E-state index contributed by atoms with van der Waals surface area (Å²) in [6.07, 6.45) is 0. The first-order chi connectivity index (χ1) is 14.5. The van der Waals surface area contributed by atoms with Crippen LogP contribution in [0.4, 0.5) is 0 Å². The van der Waals surface area contributed by atoms with Crippen LogP contribution in [0.5, 0.6) is 0 Å². The number of tetrazole rings is 1. The molecule has 0 atom stereocenters. The van der Waals surface area contributed by atoms with E-state index in [0.29, 0.717) is 10.9 Å². The van der Waals surface area contributed by atoms with Gasteiger partial charge < -0.3 is 4.90 Å². The zero-order chi connectivity index (χ0) is 21.1. The first-order valence-electron chi connectivity index (χ1n) is 9.73. The number of thiophene rings is 1. The van der Waals surface area contributed by atoms with Crippen LogP contribution in [-0.4, -0.2) is 67.8 Å². The van der Waals surface area contributed by atoms with Crippen LogP contribution in [0.15, 0.2) is 35.5 Å². The number of hydrogen-bond acceptors (Lipinski definition) is 7. The molecule has 1 fully saturated rings. The second-order valence-corrected chi connectivity index (χ2v) is 10.0. The number of thioether (sulfide) groups is 1. The first kappa shape index (κ1) is 21.3. The Morgan fingerprint density at radius 3 is 2.63 bits per heavy atom. The zero-order valence-corrected chi connectivity index (χ0v) is 19.3. The summed E-state index contributed by atoms with van der Waals surface area (Å²) in [5, 5.41) is 12.6. The summed E-state index contributed by atoms with van der Waals surface area (Å²) in [6, 6.07) is 10.1. The van der Waals surface area contributed by atoms with Crippen molar-refractivity contribution in [2.75, 3.05) is 31.9 Å². The van der Waals surface area contributed by atoms with Crippen LogP contribution < -0.4 is 0 Å². The summed E-state index contributed by atoms with van der Waals surface area (Å²) in [7, 11) is 0. The standard InChI is InChI=1S/C20H23ClN6OS2/c1-14-3-4-16(11-15(14)2)27-20(22-23-24-27)29-13-19(28)26-9-7-25(8-10-26)12-17-5-6-18(21)30-17/h3-6,11H,7-10,12-13H2,1-2H3. The molecule has 3 heterocycles. The summed E-state index contributed by atoms with van der Waals surface area (Å²) in [6.45, 7) is 8.23. The van der Waals surface area contributed by atoms with Crippen LogP contribution in [0.2, 0.25) is 4.34 Å². The SMILES string of the molecule is Cc1ccc(-n2nnnc2SCC(=O)N2CCN(Cc3ccc(Cl)s3)CC2)cc1C. The molecular weight excluding hydrogens is 440 g/mol. The summed E-state index contributed by atoms with van der Waals surface area (Å²) in [5.41, 5.74) is 3.30. The van der Waals surface area contributed by atoms with Gasteiger partial charge in [-0.15, -0.1) is 16.4 Å². The van der Waals surface area contributed by atoms with Crippen molar-refractivity contribution in [3.05, 3.63) is 50.7 Å². The summed E-state index contributed by atoms with van der Waals surface area (Å²) in [5.74, 6) is 0.444. The third-order valence-corrected chi connectivity index (χ3v) is 7.35. The fraction of sp³-hybridized carbons (Fsp3) is 0.400. The highest BCUT2D eigenvalue weighted by atomic mass is 35.5. The topological polar surface area (TPSA) is 67.2 Å². The van der Waals surface area contributed by atoms with E-state index in [-0.39, 0.29) is 5.91 Å². The minimum absolute atomic E-state index is 0.119. The van der Waals surface area contributed by atoms with E-state index in [0.717, 1.165) is 42.7 Å². The summed E-state index contributed by atoms with van der Waals surface area (Å²) >= 11 is 9.00. The lowest BCUT2D eigenvalue weighted by atomic mass is 10.1. The predicted octanol–water partition coefficient (Wildman–Crippen LogP) is 3.43. The Bertz CT molecular complexity index is 1030. The van der Waals surface area contributed by atoms with E-state index < -0.39 is 0 Å². The number of benzene rings is 1. The molecule has 1 aliphatic heterocycles. The number of nitrogens with zero attached hydrogens (tertiary/aromatic N) is 6. The molecular formula is C20H23ClN6OS2. The minimum Gasteiger partial charge on any atom is -0.339 e. The van der Waals surface area contributed by atoms with E-state index in [1.54, 1.807) is 16.0 Å². The molecule has 158 valence electrons. The maximum atomic E-state index is 12.7. The average Bonchev–Trinajstić information content (AvgIpc) is 3.37. The Morgan fingerprint density at radius 1 is 1.13 bits per heavy atom. The highest BCUT2D eigenvalue weighted by Gasteiger charge is 2.22. The van der Waals surface area contributed by atoms with Crippen LogP contribution in [-0.2, 0) is 11.3 Å². The van der Waals surface area contributed by atoms with Gasteiger partial charge in [0.1, 0.15) is 0 Å². The molecule has 1 saturated heterocycles. The number of piperazine rings is 1. The number of aryl methyl sites for hydroxylation is 2. The maximum absolute atomic E-state index is 12.7. The number of rotatable bonds is 6. The molecule has 2 aromatic heterocycles. The van der Waals surface area contributed by atoms with Gasteiger partial charge in [0.15, 0.2) is 0 Å². The lowest BCUT2D eigenvalue weighted by molar-refractivity contribution is -0.130. The van der Waals surface area contributed by atoms with Crippen molar-refractivity contribution < 1.29 is 4.79 Å². The molecule has 0 N–H and O–H groups in total. The molecule has 7 nitrogen and oxygen atoms in total. The number of hydrogen-bond donors (Lipinski definition) is 0. The molecule has 1 amide bonds. The average molecular weight is 463 g/mol. The fourth-order valence-corrected chi connectivity index (χ4v) is 5.24. The Morgan fingerprint density at radius 2 is 1.93 bits per heavy atom. The highest BCUT2D eigenvalue weighted by molar-refractivity contribution is 7.99. The Balaban J connectivity index is 1.29. The molecule has 0 aliphatic carbocycles. The van der Waals surface area contributed by atoms with E-state index >= 15 is 0 Å². The number of amides is 1. The van der Waals surface area contributed by atoms with E-state index in [9.17, 15) is 4.79 Å². The van der Waals surface area contributed by atoms with Crippen molar-refractivity contribution in [1.82, 2.24) is 30.0 Å². The van der Waals surface area contributed by atoms with E-state index in [1.165, 1.54) is 27.8 Å². The van der Waals surface area contributed by atoms with Gasteiger partial charge in [0, 0.05) is 37.6 Å². The van der Waals surface area contributed by atoms with Crippen molar-refractivity contribution in [2.45, 2.75) is 25.5 Å². The quantitative estimate of drug-likeness (QED) is 0.523. The van der Waals surface area contributed by atoms with Crippen molar-refractivity contribution in [1.29, 1.82) is 0 Å². The first-order valence-corrected chi connectivity index (χ1v) is 11.9. The minimum atomic E-state index is 0.119. The van der Waals surface area contributed by atoms with Gasteiger partial charge in [-0.25, -0.2) is 0 Å². The monoisotopic (exact) mass is 462 g/mol. The molecule has 1 aromatic carbocycles. The van der Waals surface area contributed by atoms with E-state index in [4.69, 9.17) is 11.6 Å². The molecule has 4 rings (SSSR count). The molecule has 1 aliphatic rings. The number of aromatic nitrogens is 4. The van der Waals surface area contributed by atoms with Crippen molar-refractivity contribution in [3.63, 3.8) is 0 Å². The Kier molecular flexibility index (Phi) is 6.72. The number of carbonyl (C=O) groups is 1. The smallest absolute Gasteiger partial charge is 0.233 e. The van der Waals surface area contributed by atoms with Gasteiger partial charge in [0.2, 0.25) is 11.1 Å². The van der Waals surface area contributed by atoms with Gasteiger partial charge in [-0.2, -0.15) is 4.68 Å². The molecule has 0 spiro atoms. The normalized spacial score (nSPS) is 15.0. The van der Waals surface area contributed by atoms with E-state index in [2.05, 4.69) is 52.5 Å².